The molecule has 0 aliphatic carbocycles. The van der Waals surface area contributed by atoms with Crippen LogP contribution in [0.5, 0.6) is 0 Å². The molecule has 0 spiro atoms. The van der Waals surface area contributed by atoms with Crippen molar-refractivity contribution in [1.82, 2.24) is 0 Å². The Morgan fingerprint density at radius 3 is 2.56 bits per heavy atom. The van der Waals surface area contributed by atoms with Gasteiger partial charge < -0.3 is 0 Å². The molecule has 51 valence electrons. The van der Waals surface area contributed by atoms with Crippen molar-refractivity contribution in [1.29, 1.82) is 0 Å². The number of hydrogen-bond donors (Lipinski definition) is 0. The molecule has 0 saturated carbocycles. The van der Waals surface area contributed by atoms with Crippen LogP contribution in [-0.4, -0.2) is 0 Å². The molecule has 0 aliphatic heterocycles. The van der Waals surface area contributed by atoms with Crippen LogP contribution in [0.1, 0.15) is 33.1 Å². The van der Waals surface area contributed by atoms with Gasteiger partial charge >= 0.3 is 0 Å². The summed E-state index contributed by atoms with van der Waals surface area (Å²) in [6, 6.07) is 0. The first-order chi connectivity index (χ1) is 4.31. The molecule has 0 bridgehead atoms. The van der Waals surface area contributed by atoms with Gasteiger partial charge in [-0.1, -0.05) is 19.8 Å². The van der Waals surface area contributed by atoms with Crippen LogP contribution in [-0.2, 0) is 0 Å². The van der Waals surface area contributed by atoms with Gasteiger partial charge in [0.05, 0.1) is 0 Å². The Morgan fingerprint density at radius 1 is 1.44 bits per heavy atom. The summed E-state index contributed by atoms with van der Waals surface area (Å²) in [4.78, 5) is 0. The van der Waals surface area contributed by atoms with Crippen molar-refractivity contribution in [3.8, 4) is 11.8 Å². The zero-order chi connectivity index (χ0) is 7.11. The van der Waals surface area contributed by atoms with E-state index in [0.29, 0.717) is 5.92 Å². The topological polar surface area (TPSA) is 0 Å². The van der Waals surface area contributed by atoms with Crippen molar-refractivity contribution in [3.05, 3.63) is 6.92 Å². The van der Waals surface area contributed by atoms with E-state index in [1.165, 1.54) is 0 Å². The molecule has 1 radical (unpaired) electrons. The smallest absolute Gasteiger partial charge is 0.0200 e. The number of unbranched alkanes of at least 4 members (excludes halogenated alkanes) is 1. The molecule has 0 aromatic heterocycles. The van der Waals surface area contributed by atoms with Gasteiger partial charge in [0.1, 0.15) is 0 Å². The van der Waals surface area contributed by atoms with Crippen LogP contribution < -0.4 is 0 Å². The van der Waals surface area contributed by atoms with Crippen LogP contribution in [0.15, 0.2) is 0 Å². The monoisotopic (exact) mass is 123 g/mol. The summed E-state index contributed by atoms with van der Waals surface area (Å²) in [5.74, 6) is 6.49. The summed E-state index contributed by atoms with van der Waals surface area (Å²) < 4.78 is 0. The van der Waals surface area contributed by atoms with E-state index in [4.69, 9.17) is 0 Å². The molecule has 0 fully saturated rings. The molecule has 0 saturated heterocycles. The molecule has 0 amide bonds. The van der Waals surface area contributed by atoms with Crippen molar-refractivity contribution in [2.75, 3.05) is 0 Å². The summed E-state index contributed by atoms with van der Waals surface area (Å²) in [6.07, 6.45) is 3.24. The second kappa shape index (κ2) is 5.69. The van der Waals surface area contributed by atoms with Crippen LogP contribution >= 0.6 is 0 Å². The van der Waals surface area contributed by atoms with Gasteiger partial charge in [-0.2, -0.15) is 0 Å². The van der Waals surface area contributed by atoms with E-state index in [9.17, 15) is 0 Å². The van der Waals surface area contributed by atoms with Gasteiger partial charge in [0.25, 0.3) is 0 Å². The van der Waals surface area contributed by atoms with Crippen LogP contribution in [0.25, 0.3) is 0 Å². The van der Waals surface area contributed by atoms with Crippen molar-refractivity contribution < 1.29 is 0 Å². The maximum atomic E-state index is 3.85. The first-order valence-electron chi connectivity index (χ1n) is 3.62. The molecule has 0 rings (SSSR count). The summed E-state index contributed by atoms with van der Waals surface area (Å²) in [7, 11) is 0. The highest BCUT2D eigenvalue weighted by Crippen LogP contribution is 1.96. The molecule has 0 aliphatic rings. The molecule has 9 heavy (non-hydrogen) atoms. The minimum Gasteiger partial charge on any atom is -0.103 e. The van der Waals surface area contributed by atoms with Crippen LogP contribution in [0.2, 0.25) is 0 Å². The van der Waals surface area contributed by atoms with Gasteiger partial charge in [0.2, 0.25) is 0 Å². The fourth-order valence-electron chi connectivity index (χ4n) is 0.444. The molecule has 0 aromatic carbocycles. The van der Waals surface area contributed by atoms with E-state index in [1.807, 2.05) is 0 Å². The predicted octanol–water partition coefficient (Wildman–Crippen LogP) is 2.65. The Morgan fingerprint density at radius 2 is 2.11 bits per heavy atom. The highest BCUT2D eigenvalue weighted by Gasteiger charge is 1.87. The van der Waals surface area contributed by atoms with Gasteiger partial charge in [-0.05, 0) is 19.8 Å². The Kier molecular flexibility index (Phi) is 5.41. The minimum absolute atomic E-state index is 0.344. The third-order valence-electron chi connectivity index (χ3n) is 1.17. The molecular formula is C9H15. The molecule has 1 atom stereocenters. The van der Waals surface area contributed by atoms with Crippen LogP contribution in [0.3, 0.4) is 0 Å². The van der Waals surface area contributed by atoms with Gasteiger partial charge in [-0.25, -0.2) is 0 Å². The lowest BCUT2D eigenvalue weighted by Gasteiger charge is -1.92. The minimum atomic E-state index is 0.344. The fourth-order valence-corrected chi connectivity index (χ4v) is 0.444. The first-order valence-corrected chi connectivity index (χ1v) is 3.62. The molecule has 0 heteroatoms. The van der Waals surface area contributed by atoms with Gasteiger partial charge in [-0.15, -0.1) is 5.92 Å². The van der Waals surface area contributed by atoms with Gasteiger partial charge in [-0.3, -0.25) is 0 Å². The zero-order valence-electron chi connectivity index (χ0n) is 6.41. The number of hydrogen-bond acceptors (Lipinski definition) is 0. The van der Waals surface area contributed by atoms with Crippen LogP contribution in [0.4, 0.5) is 0 Å². The number of rotatable bonds is 2. The van der Waals surface area contributed by atoms with Crippen molar-refractivity contribution in [2.45, 2.75) is 33.1 Å². The third-order valence-corrected chi connectivity index (χ3v) is 1.17. The highest BCUT2D eigenvalue weighted by atomic mass is 13.9. The third kappa shape index (κ3) is 5.43. The molecule has 0 N–H and O–H groups in total. The van der Waals surface area contributed by atoms with E-state index in [0.717, 1.165) is 19.3 Å². The zero-order valence-corrected chi connectivity index (χ0v) is 6.41. The SMILES string of the molecule is [CH2]C(C#CCCC)CC. The maximum Gasteiger partial charge on any atom is 0.0200 e. The fraction of sp³-hybridized carbons (Fsp3) is 0.667. The maximum absolute atomic E-state index is 3.85. The lowest BCUT2D eigenvalue weighted by molar-refractivity contribution is 0.794. The summed E-state index contributed by atoms with van der Waals surface area (Å²) >= 11 is 0. The lowest BCUT2D eigenvalue weighted by Crippen LogP contribution is -1.84. The normalized spacial score (nSPS) is 11.9. The van der Waals surface area contributed by atoms with E-state index in [2.05, 4.69) is 32.6 Å². The quantitative estimate of drug-likeness (QED) is 0.495. The second-order valence-corrected chi connectivity index (χ2v) is 2.18. The van der Waals surface area contributed by atoms with E-state index in [-0.39, 0.29) is 0 Å². The average molecular weight is 123 g/mol. The van der Waals surface area contributed by atoms with E-state index in [1.54, 1.807) is 0 Å². The average Bonchev–Trinajstić information content (AvgIpc) is 1.89. The molecular weight excluding hydrogens is 108 g/mol. The summed E-state index contributed by atoms with van der Waals surface area (Å²) in [5.41, 5.74) is 0. The van der Waals surface area contributed by atoms with Crippen molar-refractivity contribution in [2.24, 2.45) is 5.92 Å². The van der Waals surface area contributed by atoms with E-state index < -0.39 is 0 Å². The van der Waals surface area contributed by atoms with Crippen molar-refractivity contribution >= 4 is 0 Å². The Hall–Kier alpha value is -0.440. The Bertz CT molecular complexity index is 103. The van der Waals surface area contributed by atoms with Gasteiger partial charge in [0, 0.05) is 12.3 Å². The Balaban J connectivity index is 3.33. The van der Waals surface area contributed by atoms with E-state index >= 15 is 0 Å². The highest BCUT2D eigenvalue weighted by molar-refractivity contribution is 5.03. The Labute approximate surface area is 58.7 Å². The standard InChI is InChI=1S/C9H15/c1-4-6-7-8-9(3)5-2/h9H,3-6H2,1-2H3. The molecule has 1 unspecified atom stereocenters. The van der Waals surface area contributed by atoms with Crippen molar-refractivity contribution in [3.63, 3.8) is 0 Å². The summed E-state index contributed by atoms with van der Waals surface area (Å²) in [5, 5.41) is 0. The largest absolute Gasteiger partial charge is 0.103 e. The van der Waals surface area contributed by atoms with Crippen LogP contribution in [0, 0.1) is 24.7 Å². The second-order valence-electron chi connectivity index (χ2n) is 2.18. The molecule has 0 aromatic rings. The molecule has 0 heterocycles. The predicted molar refractivity (Wildman–Crippen MR) is 41.8 cm³/mol. The first kappa shape index (κ1) is 8.56. The molecule has 0 nitrogen and oxygen atoms in total. The summed E-state index contributed by atoms with van der Waals surface area (Å²) in [6.45, 7) is 8.10. The van der Waals surface area contributed by atoms with Gasteiger partial charge in [0.15, 0.2) is 0 Å². The lowest BCUT2D eigenvalue weighted by atomic mass is 10.1.